The molecule has 0 amide bonds. The standard InChI is InChI=1S/C19H20O7/c1-10-7-12(24-18(10)21)8-19(2,22)14-9-23-13-5-3-11-4-6-15(20)26-16(11)17(13)25-14/h3-6,10,12,14,22H,7-9H2,1-2H3/t10-,12-,14-,19+/m0/s1. The van der Waals surface area contributed by atoms with Crippen molar-refractivity contribution in [1.82, 2.24) is 0 Å². The maximum Gasteiger partial charge on any atom is 0.336 e. The monoisotopic (exact) mass is 360 g/mol. The molecule has 0 aliphatic carbocycles. The van der Waals surface area contributed by atoms with E-state index in [-0.39, 0.29) is 36.6 Å². The summed E-state index contributed by atoms with van der Waals surface area (Å²) in [7, 11) is 0. The number of hydrogen-bond donors (Lipinski definition) is 1. The van der Waals surface area contributed by atoms with E-state index in [1.807, 2.05) is 6.92 Å². The van der Waals surface area contributed by atoms with Crippen LogP contribution in [-0.4, -0.2) is 35.5 Å². The van der Waals surface area contributed by atoms with E-state index in [0.717, 1.165) is 0 Å². The molecule has 1 aromatic heterocycles. The first-order valence-corrected chi connectivity index (χ1v) is 8.63. The van der Waals surface area contributed by atoms with Gasteiger partial charge in [-0.25, -0.2) is 4.79 Å². The third kappa shape index (κ3) is 2.92. The van der Waals surface area contributed by atoms with Gasteiger partial charge in [-0.05, 0) is 31.5 Å². The summed E-state index contributed by atoms with van der Waals surface area (Å²) in [5.41, 5.74) is -1.49. The van der Waals surface area contributed by atoms with Gasteiger partial charge in [0.25, 0.3) is 0 Å². The molecule has 0 bridgehead atoms. The van der Waals surface area contributed by atoms with E-state index in [4.69, 9.17) is 18.6 Å². The highest BCUT2D eigenvalue weighted by Crippen LogP contribution is 2.41. The number of carbonyl (C=O) groups is 1. The van der Waals surface area contributed by atoms with Crippen LogP contribution in [0.15, 0.2) is 33.5 Å². The molecule has 0 saturated carbocycles. The number of rotatable bonds is 3. The summed E-state index contributed by atoms with van der Waals surface area (Å²) in [5, 5.41) is 11.6. The Hall–Kier alpha value is -2.54. The largest absolute Gasteiger partial charge is 0.486 e. The summed E-state index contributed by atoms with van der Waals surface area (Å²) in [6, 6.07) is 6.49. The Morgan fingerprint density at radius 3 is 2.69 bits per heavy atom. The van der Waals surface area contributed by atoms with Gasteiger partial charge in [-0.2, -0.15) is 0 Å². The highest BCUT2D eigenvalue weighted by molar-refractivity contribution is 5.85. The molecule has 1 fully saturated rings. The zero-order valence-electron chi connectivity index (χ0n) is 14.6. The molecule has 7 nitrogen and oxygen atoms in total. The van der Waals surface area contributed by atoms with Gasteiger partial charge < -0.3 is 23.7 Å². The number of benzene rings is 1. The second-order valence-corrected chi connectivity index (χ2v) is 7.24. The van der Waals surface area contributed by atoms with Crippen LogP contribution in [0.2, 0.25) is 0 Å². The molecular weight excluding hydrogens is 340 g/mol. The Kier molecular flexibility index (Phi) is 3.91. The van der Waals surface area contributed by atoms with Gasteiger partial charge >= 0.3 is 11.6 Å². The van der Waals surface area contributed by atoms with Gasteiger partial charge in [-0.15, -0.1) is 0 Å². The molecular formula is C19H20O7. The second kappa shape index (κ2) is 6.02. The summed E-state index contributed by atoms with van der Waals surface area (Å²) in [6.45, 7) is 3.57. The molecule has 2 aliphatic rings. The molecule has 138 valence electrons. The first kappa shape index (κ1) is 16.9. The molecule has 26 heavy (non-hydrogen) atoms. The molecule has 1 aromatic carbocycles. The lowest BCUT2D eigenvalue weighted by Crippen LogP contribution is -2.50. The molecule has 1 saturated heterocycles. The van der Waals surface area contributed by atoms with Crippen LogP contribution in [-0.2, 0) is 9.53 Å². The van der Waals surface area contributed by atoms with Crippen molar-refractivity contribution in [2.45, 2.75) is 44.5 Å². The first-order chi connectivity index (χ1) is 12.3. The summed E-state index contributed by atoms with van der Waals surface area (Å²) in [6.07, 6.45) is -0.248. The number of carbonyl (C=O) groups excluding carboxylic acids is 1. The molecule has 1 N–H and O–H groups in total. The lowest BCUT2D eigenvalue weighted by atomic mass is 9.89. The third-order valence-corrected chi connectivity index (χ3v) is 4.99. The minimum atomic E-state index is -1.29. The van der Waals surface area contributed by atoms with E-state index in [1.54, 1.807) is 25.1 Å². The quantitative estimate of drug-likeness (QED) is 0.661. The average molecular weight is 360 g/mol. The van der Waals surface area contributed by atoms with Crippen LogP contribution in [0.4, 0.5) is 0 Å². The van der Waals surface area contributed by atoms with E-state index in [9.17, 15) is 14.7 Å². The van der Waals surface area contributed by atoms with Crippen LogP contribution in [0.5, 0.6) is 11.5 Å². The molecule has 0 radical (unpaired) electrons. The lowest BCUT2D eigenvalue weighted by molar-refractivity contribution is -0.148. The maximum absolute atomic E-state index is 11.6. The summed E-state index contributed by atoms with van der Waals surface area (Å²) >= 11 is 0. The number of esters is 1. The van der Waals surface area contributed by atoms with Gasteiger partial charge in [0.15, 0.2) is 17.4 Å². The second-order valence-electron chi connectivity index (χ2n) is 7.24. The van der Waals surface area contributed by atoms with Gasteiger partial charge in [0.1, 0.15) is 18.3 Å². The van der Waals surface area contributed by atoms with Crippen molar-refractivity contribution in [3.8, 4) is 11.5 Å². The Labute approximate surface area is 149 Å². The fourth-order valence-corrected chi connectivity index (χ4v) is 3.50. The number of hydrogen-bond acceptors (Lipinski definition) is 7. The van der Waals surface area contributed by atoms with E-state index in [2.05, 4.69) is 0 Å². The van der Waals surface area contributed by atoms with Crippen molar-refractivity contribution in [2.24, 2.45) is 5.92 Å². The molecule has 2 aromatic rings. The molecule has 0 unspecified atom stereocenters. The SMILES string of the molecule is C[C@H]1C[C@@H](C[C@@](C)(O)[C@@H]2COc3ccc4ccc(=O)oc4c3O2)OC1=O. The smallest absolute Gasteiger partial charge is 0.336 e. The topological polar surface area (TPSA) is 95.2 Å². The minimum absolute atomic E-state index is 0.138. The van der Waals surface area contributed by atoms with E-state index in [0.29, 0.717) is 23.3 Å². The molecule has 4 atom stereocenters. The normalized spacial score (nSPS) is 27.2. The Bertz CT molecular complexity index is 914. The maximum atomic E-state index is 11.6. The van der Waals surface area contributed by atoms with Crippen molar-refractivity contribution in [3.05, 3.63) is 34.7 Å². The predicted molar refractivity (Wildman–Crippen MR) is 91.3 cm³/mol. The summed E-state index contributed by atoms with van der Waals surface area (Å²) in [5.74, 6) is 0.344. The average Bonchev–Trinajstić information content (AvgIpc) is 2.91. The van der Waals surface area contributed by atoms with Crippen molar-refractivity contribution < 1.29 is 28.5 Å². The lowest BCUT2D eigenvalue weighted by Gasteiger charge is -2.37. The van der Waals surface area contributed by atoms with Crippen molar-refractivity contribution in [1.29, 1.82) is 0 Å². The van der Waals surface area contributed by atoms with Gasteiger partial charge in [-0.3, -0.25) is 4.79 Å². The van der Waals surface area contributed by atoms with E-state index >= 15 is 0 Å². The fraction of sp³-hybridized carbons (Fsp3) is 0.474. The van der Waals surface area contributed by atoms with Crippen molar-refractivity contribution in [2.75, 3.05) is 6.61 Å². The predicted octanol–water partition coefficient (Wildman–Crippen LogP) is 2.03. The van der Waals surface area contributed by atoms with Gasteiger partial charge in [0.05, 0.1) is 5.92 Å². The van der Waals surface area contributed by atoms with Crippen LogP contribution >= 0.6 is 0 Å². The van der Waals surface area contributed by atoms with E-state index in [1.165, 1.54) is 6.07 Å². The Balaban J connectivity index is 1.60. The van der Waals surface area contributed by atoms with Crippen LogP contribution in [0.3, 0.4) is 0 Å². The van der Waals surface area contributed by atoms with Crippen molar-refractivity contribution in [3.63, 3.8) is 0 Å². The number of aliphatic hydroxyl groups is 1. The fourth-order valence-electron chi connectivity index (χ4n) is 3.50. The van der Waals surface area contributed by atoms with Crippen LogP contribution in [0.1, 0.15) is 26.7 Å². The molecule has 2 aliphatic heterocycles. The van der Waals surface area contributed by atoms with Crippen LogP contribution in [0.25, 0.3) is 11.0 Å². The number of fused-ring (bicyclic) bond motifs is 3. The number of cyclic esters (lactones) is 1. The highest BCUT2D eigenvalue weighted by atomic mass is 16.6. The van der Waals surface area contributed by atoms with Gasteiger partial charge in [-0.1, -0.05) is 6.92 Å². The summed E-state index contributed by atoms with van der Waals surface area (Å²) in [4.78, 5) is 23.2. The molecule has 0 spiro atoms. The Morgan fingerprint density at radius 2 is 1.96 bits per heavy atom. The Morgan fingerprint density at radius 1 is 1.19 bits per heavy atom. The molecule has 7 heteroatoms. The molecule has 4 rings (SSSR count). The summed E-state index contributed by atoms with van der Waals surface area (Å²) < 4.78 is 22.3. The van der Waals surface area contributed by atoms with Gasteiger partial charge in [0.2, 0.25) is 5.75 Å². The van der Waals surface area contributed by atoms with Crippen molar-refractivity contribution >= 4 is 16.9 Å². The molecule has 3 heterocycles. The van der Waals surface area contributed by atoms with Crippen LogP contribution in [0, 0.1) is 5.92 Å². The zero-order chi connectivity index (χ0) is 18.5. The number of ether oxygens (including phenoxy) is 3. The minimum Gasteiger partial charge on any atom is -0.486 e. The van der Waals surface area contributed by atoms with Crippen LogP contribution < -0.4 is 15.1 Å². The van der Waals surface area contributed by atoms with Gasteiger partial charge in [0, 0.05) is 17.9 Å². The zero-order valence-corrected chi connectivity index (χ0v) is 14.6. The first-order valence-electron chi connectivity index (χ1n) is 8.63. The third-order valence-electron chi connectivity index (χ3n) is 4.99. The highest BCUT2D eigenvalue weighted by Gasteiger charge is 2.43. The van der Waals surface area contributed by atoms with E-state index < -0.39 is 17.3 Å².